The highest BCUT2D eigenvalue weighted by atomic mass is 16.5. The van der Waals surface area contributed by atoms with E-state index in [1.807, 2.05) is 12.1 Å². The number of amides is 1. The van der Waals surface area contributed by atoms with Gasteiger partial charge in [0.1, 0.15) is 5.82 Å². The van der Waals surface area contributed by atoms with Crippen LogP contribution >= 0.6 is 0 Å². The van der Waals surface area contributed by atoms with E-state index in [1.54, 1.807) is 38.6 Å². The maximum absolute atomic E-state index is 12.6. The fourth-order valence-corrected chi connectivity index (χ4v) is 3.57. The van der Waals surface area contributed by atoms with Crippen molar-refractivity contribution in [2.75, 3.05) is 31.0 Å². The molecule has 0 aliphatic carbocycles. The molecule has 1 aromatic heterocycles. The van der Waals surface area contributed by atoms with Crippen molar-refractivity contribution < 1.29 is 14.3 Å². The lowest BCUT2D eigenvalue weighted by Crippen LogP contribution is -2.25. The number of benzene rings is 2. The minimum absolute atomic E-state index is 0.233. The zero-order chi connectivity index (χ0) is 20.2. The molecular formula is C23H23N3O3. The average molecular weight is 389 g/mol. The van der Waals surface area contributed by atoms with Gasteiger partial charge < -0.3 is 19.7 Å². The van der Waals surface area contributed by atoms with Gasteiger partial charge in [-0.3, -0.25) is 4.79 Å². The van der Waals surface area contributed by atoms with Crippen molar-refractivity contribution in [2.24, 2.45) is 0 Å². The Labute approximate surface area is 170 Å². The number of aromatic nitrogens is 1. The van der Waals surface area contributed by atoms with Gasteiger partial charge in [-0.1, -0.05) is 18.2 Å². The van der Waals surface area contributed by atoms with Gasteiger partial charge in [0.2, 0.25) is 0 Å². The molecule has 0 saturated carbocycles. The summed E-state index contributed by atoms with van der Waals surface area (Å²) < 4.78 is 10.5. The molecule has 29 heavy (non-hydrogen) atoms. The van der Waals surface area contributed by atoms with Gasteiger partial charge >= 0.3 is 0 Å². The number of carbonyl (C=O) groups is 1. The van der Waals surface area contributed by atoms with E-state index in [9.17, 15) is 4.79 Å². The molecule has 2 heterocycles. The molecule has 0 saturated heterocycles. The number of nitrogens with zero attached hydrogens (tertiary/aromatic N) is 2. The second kappa shape index (κ2) is 8.22. The smallest absolute Gasteiger partial charge is 0.255 e. The van der Waals surface area contributed by atoms with Crippen LogP contribution in [0.3, 0.4) is 0 Å². The van der Waals surface area contributed by atoms with Gasteiger partial charge in [-0.05, 0) is 54.8 Å². The lowest BCUT2D eigenvalue weighted by atomic mass is 10.0. The molecule has 0 radical (unpaired) electrons. The fraction of sp³-hybridized carbons (Fsp3) is 0.217. The third-order valence-electron chi connectivity index (χ3n) is 5.04. The predicted octanol–water partition coefficient (Wildman–Crippen LogP) is 4.44. The number of rotatable bonds is 5. The van der Waals surface area contributed by atoms with Crippen LogP contribution in [0.2, 0.25) is 0 Å². The number of hydrogen-bond donors (Lipinski definition) is 1. The second-order valence-corrected chi connectivity index (χ2v) is 6.81. The predicted molar refractivity (Wildman–Crippen MR) is 114 cm³/mol. The van der Waals surface area contributed by atoms with E-state index in [4.69, 9.17) is 9.47 Å². The van der Waals surface area contributed by atoms with E-state index in [0.717, 1.165) is 25.2 Å². The zero-order valence-corrected chi connectivity index (χ0v) is 16.5. The summed E-state index contributed by atoms with van der Waals surface area (Å²) in [5.41, 5.74) is 3.66. The molecular weight excluding hydrogens is 366 g/mol. The number of pyridine rings is 1. The summed E-state index contributed by atoms with van der Waals surface area (Å²) in [6, 6.07) is 17.3. The van der Waals surface area contributed by atoms with E-state index in [-0.39, 0.29) is 5.91 Å². The Morgan fingerprint density at radius 2 is 1.86 bits per heavy atom. The number of anilines is 3. The Balaban J connectivity index is 1.50. The Hall–Kier alpha value is -3.54. The fourth-order valence-electron chi connectivity index (χ4n) is 3.57. The first-order valence-corrected chi connectivity index (χ1v) is 9.54. The molecule has 1 aliphatic heterocycles. The summed E-state index contributed by atoms with van der Waals surface area (Å²) in [5, 5.41) is 2.88. The second-order valence-electron chi connectivity index (χ2n) is 6.81. The monoisotopic (exact) mass is 389 g/mol. The van der Waals surface area contributed by atoms with Crippen molar-refractivity contribution in [3.8, 4) is 11.5 Å². The molecule has 0 spiro atoms. The first-order valence-electron chi connectivity index (χ1n) is 9.54. The Kier molecular flexibility index (Phi) is 5.33. The number of methoxy groups -OCH3 is 2. The molecule has 0 unspecified atom stereocenters. The summed E-state index contributed by atoms with van der Waals surface area (Å²) in [5.74, 6) is 1.74. The number of nitrogens with one attached hydrogen (secondary N) is 1. The van der Waals surface area contributed by atoms with Crippen LogP contribution in [0.15, 0.2) is 60.8 Å². The molecule has 6 nitrogen and oxygen atoms in total. The van der Waals surface area contributed by atoms with Gasteiger partial charge in [0, 0.05) is 17.8 Å². The lowest BCUT2D eigenvalue weighted by Gasteiger charge is -2.30. The minimum Gasteiger partial charge on any atom is -0.493 e. The molecule has 0 bridgehead atoms. The van der Waals surface area contributed by atoms with Crippen LogP contribution in [-0.4, -0.2) is 31.7 Å². The molecule has 1 amide bonds. The van der Waals surface area contributed by atoms with Gasteiger partial charge in [-0.2, -0.15) is 0 Å². The third kappa shape index (κ3) is 3.87. The number of aryl methyl sites for hydroxylation is 1. The third-order valence-corrected chi connectivity index (χ3v) is 5.04. The highest BCUT2D eigenvalue weighted by Crippen LogP contribution is 2.32. The number of para-hydroxylation sites is 1. The minimum atomic E-state index is -0.233. The van der Waals surface area contributed by atoms with Crippen molar-refractivity contribution in [1.82, 2.24) is 4.98 Å². The Morgan fingerprint density at radius 1 is 1.03 bits per heavy atom. The summed E-state index contributed by atoms with van der Waals surface area (Å²) in [6.07, 6.45) is 3.87. The van der Waals surface area contributed by atoms with E-state index in [2.05, 4.69) is 39.5 Å². The molecule has 0 fully saturated rings. The average Bonchev–Trinajstić information content (AvgIpc) is 2.78. The van der Waals surface area contributed by atoms with Crippen molar-refractivity contribution in [1.29, 1.82) is 0 Å². The number of carbonyl (C=O) groups excluding carboxylic acids is 1. The van der Waals surface area contributed by atoms with E-state index < -0.39 is 0 Å². The van der Waals surface area contributed by atoms with Crippen LogP contribution in [0.4, 0.5) is 17.2 Å². The quantitative estimate of drug-likeness (QED) is 0.699. The van der Waals surface area contributed by atoms with Gasteiger partial charge in [-0.15, -0.1) is 0 Å². The first kappa shape index (κ1) is 18.8. The van der Waals surface area contributed by atoms with Gasteiger partial charge in [0.05, 0.1) is 26.1 Å². The van der Waals surface area contributed by atoms with Crippen molar-refractivity contribution in [3.05, 3.63) is 71.9 Å². The zero-order valence-electron chi connectivity index (χ0n) is 16.5. The normalized spacial score (nSPS) is 12.8. The van der Waals surface area contributed by atoms with Crippen molar-refractivity contribution in [2.45, 2.75) is 12.8 Å². The highest BCUT2D eigenvalue weighted by Gasteiger charge is 2.18. The molecule has 6 heteroatoms. The molecule has 4 rings (SSSR count). The molecule has 0 atom stereocenters. The Morgan fingerprint density at radius 3 is 2.62 bits per heavy atom. The van der Waals surface area contributed by atoms with Crippen LogP contribution in [0, 0.1) is 0 Å². The van der Waals surface area contributed by atoms with Gasteiger partial charge in [0.25, 0.3) is 5.91 Å². The Bertz CT molecular complexity index is 1020. The summed E-state index contributed by atoms with van der Waals surface area (Å²) in [4.78, 5) is 19.4. The van der Waals surface area contributed by atoms with E-state index in [0.29, 0.717) is 22.7 Å². The molecule has 3 aromatic rings. The van der Waals surface area contributed by atoms with Crippen molar-refractivity contribution in [3.63, 3.8) is 0 Å². The number of fused-ring (bicyclic) bond motifs is 1. The lowest BCUT2D eigenvalue weighted by molar-refractivity contribution is 0.102. The molecule has 1 N–H and O–H groups in total. The van der Waals surface area contributed by atoms with E-state index >= 15 is 0 Å². The molecule has 1 aliphatic rings. The maximum Gasteiger partial charge on any atom is 0.255 e. The van der Waals surface area contributed by atoms with Crippen LogP contribution < -0.4 is 19.7 Å². The van der Waals surface area contributed by atoms with Crippen LogP contribution in [-0.2, 0) is 6.42 Å². The maximum atomic E-state index is 12.6. The SMILES string of the molecule is COc1ccc(C(=O)Nc2ccc(N3CCCc4ccccc43)nc2)cc1OC. The van der Waals surface area contributed by atoms with Gasteiger partial charge in [0.15, 0.2) is 11.5 Å². The van der Waals surface area contributed by atoms with Crippen LogP contribution in [0.25, 0.3) is 0 Å². The highest BCUT2D eigenvalue weighted by molar-refractivity contribution is 6.04. The summed E-state index contributed by atoms with van der Waals surface area (Å²) in [6.45, 7) is 0.932. The summed E-state index contributed by atoms with van der Waals surface area (Å²) in [7, 11) is 3.10. The van der Waals surface area contributed by atoms with E-state index in [1.165, 1.54) is 11.3 Å². The van der Waals surface area contributed by atoms with Crippen LogP contribution in [0.5, 0.6) is 11.5 Å². The molecule has 2 aromatic carbocycles. The standard InChI is InChI=1S/C23H23N3O3/c1-28-20-11-9-17(14-21(20)29-2)23(27)25-18-10-12-22(24-15-18)26-13-5-7-16-6-3-4-8-19(16)26/h3-4,6,8-12,14-15H,5,7,13H2,1-2H3,(H,25,27). The largest absolute Gasteiger partial charge is 0.493 e. The van der Waals surface area contributed by atoms with Gasteiger partial charge in [-0.25, -0.2) is 4.98 Å². The van der Waals surface area contributed by atoms with Crippen molar-refractivity contribution >= 4 is 23.1 Å². The topological polar surface area (TPSA) is 63.7 Å². The van der Waals surface area contributed by atoms with Crippen LogP contribution in [0.1, 0.15) is 22.3 Å². The number of hydrogen-bond acceptors (Lipinski definition) is 5. The number of ether oxygens (including phenoxy) is 2. The first-order chi connectivity index (χ1) is 14.2. The summed E-state index contributed by atoms with van der Waals surface area (Å²) >= 11 is 0. The molecule has 148 valence electrons.